The fourth-order valence-electron chi connectivity index (χ4n) is 8.09. The monoisotopic (exact) mass is 991 g/mol. The molecule has 1 aliphatic carbocycles. The average molecular weight is 992 g/mol. The molecule has 0 fully saturated rings. The number of nitrogen functional groups attached to an aromatic ring is 1. The van der Waals surface area contributed by atoms with Gasteiger partial charge in [0.2, 0.25) is 17.0 Å². The maximum atomic E-state index is 14.7. The number of nitrogens with two attached hydrogens (primary N) is 1. The molecule has 2 heterocycles. The predicted octanol–water partition coefficient (Wildman–Crippen LogP) is 10.0. The Kier molecular flexibility index (Phi) is 14.0. The van der Waals surface area contributed by atoms with Crippen LogP contribution in [0.3, 0.4) is 0 Å². The molecule has 368 valence electrons. The number of anilines is 1. The third-order valence-corrected chi connectivity index (χ3v) is 11.3. The van der Waals surface area contributed by atoms with Crippen molar-refractivity contribution in [2.24, 2.45) is 0 Å². The molecule has 72 heavy (non-hydrogen) atoms. The Morgan fingerprint density at radius 2 is 1.32 bits per heavy atom. The molecular formula is C53H39F6N3O10. The number of pyridine rings is 1. The van der Waals surface area contributed by atoms with Crippen molar-refractivity contribution in [1.82, 2.24) is 9.30 Å². The van der Waals surface area contributed by atoms with Crippen LogP contribution in [0.15, 0.2) is 117 Å². The number of esters is 2. The lowest BCUT2D eigenvalue weighted by molar-refractivity contribution is -0.138. The van der Waals surface area contributed by atoms with E-state index < -0.39 is 74.8 Å². The molecule has 0 bridgehead atoms. The number of aromatic hydroxyl groups is 1. The van der Waals surface area contributed by atoms with Crippen molar-refractivity contribution in [3.05, 3.63) is 181 Å². The van der Waals surface area contributed by atoms with Gasteiger partial charge in [0.05, 0.1) is 35.4 Å². The average Bonchev–Trinajstić information content (AvgIpc) is 3.78. The summed E-state index contributed by atoms with van der Waals surface area (Å²) in [6.45, 7) is 3.04. The highest BCUT2D eigenvalue weighted by Crippen LogP contribution is 2.40. The molecule has 0 aliphatic heterocycles. The van der Waals surface area contributed by atoms with Crippen molar-refractivity contribution in [2.75, 3.05) is 33.0 Å². The van der Waals surface area contributed by atoms with E-state index in [1.165, 1.54) is 48.6 Å². The molecule has 3 N–H and O–H groups in total. The molecule has 0 spiro atoms. The number of nitrogens with zero attached hydrogens (tertiary/aromatic N) is 2. The number of ketones is 2. The van der Waals surface area contributed by atoms with Gasteiger partial charge in [0.1, 0.15) is 22.4 Å². The number of ether oxygens (including phenoxy) is 2. The number of halogens is 6. The van der Waals surface area contributed by atoms with Gasteiger partial charge in [-0.25, -0.2) is 31.5 Å². The second kappa shape index (κ2) is 19.8. The van der Waals surface area contributed by atoms with E-state index in [0.717, 1.165) is 28.8 Å². The number of carbonyl (C=O) groups excluding carboxylic acids is 4. The quantitative estimate of drug-likeness (QED) is 0.0125. The molecule has 0 unspecified atom stereocenters. The summed E-state index contributed by atoms with van der Waals surface area (Å²) in [7, 11) is 2.93. The molecule has 0 amide bonds. The Morgan fingerprint density at radius 3 is 1.99 bits per heavy atom. The summed E-state index contributed by atoms with van der Waals surface area (Å²) in [6.07, 6.45) is 2.25. The van der Waals surface area contributed by atoms with E-state index >= 15 is 0 Å². The first kappa shape index (κ1) is 50.9. The number of rotatable bonds is 7. The van der Waals surface area contributed by atoms with E-state index in [-0.39, 0.29) is 65.7 Å². The lowest BCUT2D eigenvalue weighted by atomic mass is 10.0. The normalized spacial score (nSPS) is 11.7. The molecule has 9 aromatic rings. The fourth-order valence-corrected chi connectivity index (χ4v) is 8.09. The van der Waals surface area contributed by atoms with Crippen molar-refractivity contribution in [3.63, 3.8) is 0 Å². The molecule has 0 radical (unpaired) electrons. The lowest BCUT2D eigenvalue weighted by Crippen LogP contribution is -2.21. The summed E-state index contributed by atoms with van der Waals surface area (Å²) < 4.78 is 98.8. The number of carbonyl (C=O) groups is 4. The van der Waals surface area contributed by atoms with E-state index in [9.17, 15) is 60.2 Å². The van der Waals surface area contributed by atoms with E-state index in [1.807, 2.05) is 24.3 Å². The van der Waals surface area contributed by atoms with Gasteiger partial charge >= 0.3 is 11.9 Å². The van der Waals surface area contributed by atoms with Crippen molar-refractivity contribution >= 4 is 78.3 Å². The highest BCUT2D eigenvalue weighted by atomic mass is 19.2. The van der Waals surface area contributed by atoms with Crippen LogP contribution in [0.5, 0.6) is 5.75 Å². The SMILES string of the molecule is C.CCOC(=O)/C(=C\N(C)C)C(=O)c1cc(F)c(F)c(F)c1F.CCOC(=O)c1cn2c3cc4c(cc3oc3c(F)c(F)cc(c1=O)c32)c(=O)c1ccccc14.Nc1cc2c(cc1O)C(=O)c1ccccc1-2. The van der Waals surface area contributed by atoms with Crippen LogP contribution in [-0.2, 0) is 14.3 Å². The largest absolute Gasteiger partial charge is 0.506 e. The van der Waals surface area contributed by atoms with E-state index in [1.54, 1.807) is 43.3 Å². The lowest BCUT2D eigenvalue weighted by Gasteiger charge is -2.13. The van der Waals surface area contributed by atoms with E-state index in [4.69, 9.17) is 14.9 Å². The fraction of sp³-hybridized carbons (Fsp3) is 0.132. The minimum atomic E-state index is -2.13. The van der Waals surface area contributed by atoms with Crippen LogP contribution in [-0.4, -0.2) is 65.2 Å². The summed E-state index contributed by atoms with van der Waals surface area (Å²) >= 11 is 0. The first-order chi connectivity index (χ1) is 33.8. The zero-order chi connectivity index (χ0) is 51.3. The summed E-state index contributed by atoms with van der Waals surface area (Å²) in [4.78, 5) is 75.5. The summed E-state index contributed by atoms with van der Waals surface area (Å²) in [6, 6.07) is 21.6. The topological polar surface area (TPSA) is 188 Å². The summed E-state index contributed by atoms with van der Waals surface area (Å²) in [5, 5.41) is 11.5. The van der Waals surface area contributed by atoms with Gasteiger partial charge in [-0.2, -0.15) is 4.39 Å². The van der Waals surface area contributed by atoms with Gasteiger partial charge in [-0.1, -0.05) is 56.0 Å². The Bertz CT molecular complexity index is 3900. The third-order valence-electron chi connectivity index (χ3n) is 11.3. The molecule has 10 rings (SSSR count). The number of fused-ring (bicyclic) bond motifs is 8. The predicted molar refractivity (Wildman–Crippen MR) is 256 cm³/mol. The number of aromatic nitrogens is 1. The van der Waals surface area contributed by atoms with Crippen LogP contribution in [0.4, 0.5) is 32.0 Å². The number of Topliss-reactive ketones (excluding diaryl/α,β-unsaturated/α-hetero) is 1. The third kappa shape index (κ3) is 8.69. The van der Waals surface area contributed by atoms with Gasteiger partial charge in [0.25, 0.3) is 0 Å². The van der Waals surface area contributed by atoms with Gasteiger partial charge in [-0.05, 0) is 72.1 Å². The second-order valence-corrected chi connectivity index (χ2v) is 15.9. The van der Waals surface area contributed by atoms with Crippen molar-refractivity contribution < 1.29 is 64.5 Å². The van der Waals surface area contributed by atoms with Crippen LogP contribution < -0.4 is 16.6 Å². The van der Waals surface area contributed by atoms with Crippen LogP contribution in [0.2, 0.25) is 0 Å². The maximum Gasteiger partial charge on any atom is 0.343 e. The zero-order valence-corrected chi connectivity index (χ0v) is 37.5. The maximum absolute atomic E-state index is 14.7. The molecule has 1 aliphatic rings. The van der Waals surface area contributed by atoms with Gasteiger partial charge in [0, 0.05) is 48.4 Å². The van der Waals surface area contributed by atoms with Crippen molar-refractivity contribution in [1.29, 1.82) is 0 Å². The summed E-state index contributed by atoms with van der Waals surface area (Å²) in [5.41, 5.74) is 5.67. The Morgan fingerprint density at radius 1 is 0.681 bits per heavy atom. The van der Waals surface area contributed by atoms with Crippen molar-refractivity contribution in [2.45, 2.75) is 21.3 Å². The molecule has 0 saturated carbocycles. The second-order valence-electron chi connectivity index (χ2n) is 15.9. The molecule has 19 heteroatoms. The minimum absolute atomic E-state index is 0. The van der Waals surface area contributed by atoms with E-state index in [2.05, 4.69) is 4.74 Å². The standard InChI is InChI=1S/C25H13F2NO5.C14H13F4NO3.C13H9NO2.CH4/c1-2-32-25(31)16-10-28-18-8-13-11-5-3-4-6-12(11)22(29)14(13)9-19(18)33-24-20(27)17(26)7-15(21(24)28)23(16)30;1-4-22-14(21)8(6-19(2)3)13(20)7-5-9(15)11(17)12(18)10(7)16;14-11-5-9-7-3-1-2-4-8(7)13(16)10(9)6-12(11)15;/h3-10H,2H2,1H3;5-6H,4H2,1-3H3;1-6,15H,14H2;1H4/b;8-6-;;. The molecular weight excluding hydrogens is 953 g/mol. The van der Waals surface area contributed by atoms with Gasteiger partial charge in [-0.3, -0.25) is 19.2 Å². The van der Waals surface area contributed by atoms with Gasteiger partial charge < -0.3 is 34.0 Å². The Labute approximate surface area is 402 Å². The van der Waals surface area contributed by atoms with Gasteiger partial charge in [-0.15, -0.1) is 0 Å². The number of hydrogen-bond donors (Lipinski definition) is 2. The molecule has 13 nitrogen and oxygen atoms in total. The van der Waals surface area contributed by atoms with Crippen molar-refractivity contribution in [3.8, 4) is 16.9 Å². The number of phenolic OH excluding ortho intramolecular Hbond substituents is 1. The number of hydrogen-bond acceptors (Lipinski definition) is 12. The molecule has 2 aromatic heterocycles. The minimum Gasteiger partial charge on any atom is -0.506 e. The van der Waals surface area contributed by atoms with Crippen LogP contribution in [0, 0.1) is 34.9 Å². The molecule has 0 saturated heterocycles. The van der Waals surface area contributed by atoms with Gasteiger partial charge in [0.15, 0.2) is 51.5 Å². The number of phenols is 1. The zero-order valence-electron chi connectivity index (χ0n) is 37.5. The first-order valence-electron chi connectivity index (χ1n) is 21.2. The van der Waals surface area contributed by atoms with Crippen LogP contribution in [0.1, 0.15) is 57.9 Å². The molecule has 0 atom stereocenters. The van der Waals surface area contributed by atoms with Crippen LogP contribution >= 0.6 is 0 Å². The Balaban J connectivity index is 0.000000169. The highest BCUT2D eigenvalue weighted by molar-refractivity contribution is 6.24. The first-order valence-corrected chi connectivity index (χ1v) is 21.2. The Hall–Kier alpha value is -9.00. The smallest absolute Gasteiger partial charge is 0.343 e. The van der Waals surface area contributed by atoms with Crippen LogP contribution in [0.25, 0.3) is 60.3 Å². The highest BCUT2D eigenvalue weighted by Gasteiger charge is 2.30. The summed E-state index contributed by atoms with van der Waals surface area (Å²) in [5.74, 6) is -13.7. The molecule has 7 aromatic carbocycles. The van der Waals surface area contributed by atoms with E-state index in [0.29, 0.717) is 38.5 Å². The number of benzene rings is 6.